The third-order valence-corrected chi connectivity index (χ3v) is 4.05. The van der Waals surface area contributed by atoms with Gasteiger partial charge in [-0.25, -0.2) is 0 Å². The summed E-state index contributed by atoms with van der Waals surface area (Å²) in [6, 6.07) is 13.1. The molecule has 1 aromatic heterocycles. The van der Waals surface area contributed by atoms with Gasteiger partial charge < -0.3 is 14.6 Å². The standard InChI is InChI=1S/C19H24N2O3/c1-3-15(16-7-5-4-6-8-16)13-20-19(23)17-9-10-18(22)21(14-17)11-12-24-2/h4-10,14-15H,3,11-13H2,1-2H3,(H,20,23)/t15-/m1/s1. The first-order valence-corrected chi connectivity index (χ1v) is 8.18. The van der Waals surface area contributed by atoms with Gasteiger partial charge in [-0.1, -0.05) is 37.3 Å². The number of carbonyl (C=O) groups is 1. The van der Waals surface area contributed by atoms with E-state index in [1.54, 1.807) is 19.4 Å². The minimum absolute atomic E-state index is 0.140. The molecular formula is C19H24N2O3. The van der Waals surface area contributed by atoms with Crippen LogP contribution in [0.2, 0.25) is 0 Å². The largest absolute Gasteiger partial charge is 0.383 e. The summed E-state index contributed by atoms with van der Waals surface area (Å²) in [6.07, 6.45) is 2.53. The van der Waals surface area contributed by atoms with Crippen molar-refractivity contribution < 1.29 is 9.53 Å². The Kier molecular flexibility index (Phi) is 6.75. The first-order chi connectivity index (χ1) is 11.7. The van der Waals surface area contributed by atoms with Crippen LogP contribution in [0.5, 0.6) is 0 Å². The summed E-state index contributed by atoms with van der Waals surface area (Å²) in [6.45, 7) is 3.53. The molecule has 1 atom stereocenters. The molecule has 1 heterocycles. The van der Waals surface area contributed by atoms with Gasteiger partial charge in [-0.2, -0.15) is 0 Å². The molecule has 0 spiro atoms. The van der Waals surface area contributed by atoms with Crippen molar-refractivity contribution in [3.8, 4) is 0 Å². The average Bonchev–Trinajstić information content (AvgIpc) is 2.62. The van der Waals surface area contributed by atoms with Crippen LogP contribution in [-0.4, -0.2) is 30.7 Å². The number of amides is 1. The maximum atomic E-state index is 12.4. The molecule has 0 saturated heterocycles. The van der Waals surface area contributed by atoms with Crippen molar-refractivity contribution in [3.05, 3.63) is 70.1 Å². The van der Waals surface area contributed by atoms with E-state index in [1.165, 1.54) is 16.2 Å². The van der Waals surface area contributed by atoms with Gasteiger partial charge in [0.1, 0.15) is 0 Å². The van der Waals surface area contributed by atoms with Crippen LogP contribution < -0.4 is 10.9 Å². The molecule has 0 radical (unpaired) electrons. The second kappa shape index (κ2) is 9.03. The average molecular weight is 328 g/mol. The van der Waals surface area contributed by atoms with Crippen molar-refractivity contribution in [2.24, 2.45) is 0 Å². The normalized spacial score (nSPS) is 11.9. The number of carbonyl (C=O) groups excluding carboxylic acids is 1. The Morgan fingerprint density at radius 2 is 1.96 bits per heavy atom. The van der Waals surface area contributed by atoms with Gasteiger partial charge in [0.15, 0.2) is 0 Å². The van der Waals surface area contributed by atoms with E-state index in [-0.39, 0.29) is 17.4 Å². The van der Waals surface area contributed by atoms with Crippen LogP contribution in [0.4, 0.5) is 0 Å². The SMILES string of the molecule is CC[C@H](CNC(=O)c1ccc(=O)n(CCOC)c1)c1ccccc1. The van der Waals surface area contributed by atoms with Gasteiger partial charge in [-0.05, 0) is 18.1 Å². The lowest BCUT2D eigenvalue weighted by Crippen LogP contribution is -2.30. The van der Waals surface area contributed by atoms with Gasteiger partial charge in [0.05, 0.1) is 12.2 Å². The number of ether oxygens (including phenoxy) is 1. The number of methoxy groups -OCH3 is 1. The minimum atomic E-state index is -0.171. The van der Waals surface area contributed by atoms with Gasteiger partial charge >= 0.3 is 0 Å². The quantitative estimate of drug-likeness (QED) is 0.809. The molecular weight excluding hydrogens is 304 g/mol. The van der Waals surface area contributed by atoms with Gasteiger partial charge in [0, 0.05) is 38.4 Å². The van der Waals surface area contributed by atoms with Crippen LogP contribution in [-0.2, 0) is 11.3 Å². The van der Waals surface area contributed by atoms with Crippen LogP contribution >= 0.6 is 0 Å². The molecule has 0 saturated carbocycles. The molecule has 0 aliphatic heterocycles. The molecule has 0 aliphatic carbocycles. The third kappa shape index (κ3) is 4.80. The van der Waals surface area contributed by atoms with E-state index in [2.05, 4.69) is 24.4 Å². The molecule has 2 aromatic rings. The molecule has 2 rings (SSSR count). The second-order valence-corrected chi connectivity index (χ2v) is 5.67. The summed E-state index contributed by atoms with van der Waals surface area (Å²) in [7, 11) is 1.58. The molecule has 0 fully saturated rings. The molecule has 0 aliphatic rings. The fraction of sp³-hybridized carbons (Fsp3) is 0.368. The summed E-state index contributed by atoms with van der Waals surface area (Å²) in [5, 5.41) is 2.97. The van der Waals surface area contributed by atoms with Gasteiger partial charge in [0.2, 0.25) is 0 Å². The first-order valence-electron chi connectivity index (χ1n) is 8.18. The van der Waals surface area contributed by atoms with Crippen LogP contribution in [0.3, 0.4) is 0 Å². The summed E-state index contributed by atoms with van der Waals surface area (Å²) in [4.78, 5) is 24.1. The number of nitrogens with one attached hydrogen (secondary N) is 1. The van der Waals surface area contributed by atoms with Gasteiger partial charge in [-0.3, -0.25) is 9.59 Å². The Bertz CT molecular complexity index is 710. The fourth-order valence-corrected chi connectivity index (χ4v) is 2.57. The predicted molar refractivity (Wildman–Crippen MR) is 94.4 cm³/mol. The maximum Gasteiger partial charge on any atom is 0.252 e. The van der Waals surface area contributed by atoms with Crippen LogP contribution in [0.1, 0.15) is 35.2 Å². The topological polar surface area (TPSA) is 60.3 Å². The van der Waals surface area contributed by atoms with E-state index in [1.807, 2.05) is 18.2 Å². The summed E-state index contributed by atoms with van der Waals surface area (Å²) in [5.41, 5.74) is 1.55. The first kappa shape index (κ1) is 17.9. The van der Waals surface area contributed by atoms with Crippen LogP contribution in [0.15, 0.2) is 53.5 Å². The molecule has 1 N–H and O–H groups in total. The summed E-state index contributed by atoms with van der Waals surface area (Å²) < 4.78 is 6.48. The zero-order chi connectivity index (χ0) is 17.4. The Balaban J connectivity index is 2.02. The highest BCUT2D eigenvalue weighted by Crippen LogP contribution is 2.18. The van der Waals surface area contributed by atoms with E-state index >= 15 is 0 Å². The lowest BCUT2D eigenvalue weighted by atomic mass is 9.96. The zero-order valence-corrected chi connectivity index (χ0v) is 14.2. The molecule has 128 valence electrons. The number of hydrogen-bond donors (Lipinski definition) is 1. The Labute approximate surface area is 142 Å². The third-order valence-electron chi connectivity index (χ3n) is 4.05. The Hall–Kier alpha value is -2.40. The lowest BCUT2D eigenvalue weighted by Gasteiger charge is -2.16. The second-order valence-electron chi connectivity index (χ2n) is 5.67. The fourth-order valence-electron chi connectivity index (χ4n) is 2.57. The Morgan fingerprint density at radius 3 is 2.62 bits per heavy atom. The van der Waals surface area contributed by atoms with Gasteiger partial charge in [0.25, 0.3) is 11.5 Å². The van der Waals surface area contributed by atoms with Crippen molar-refractivity contribution in [3.63, 3.8) is 0 Å². The Morgan fingerprint density at radius 1 is 1.21 bits per heavy atom. The number of pyridine rings is 1. The molecule has 0 bridgehead atoms. The highest BCUT2D eigenvalue weighted by atomic mass is 16.5. The number of rotatable bonds is 8. The monoisotopic (exact) mass is 328 g/mol. The van der Waals surface area contributed by atoms with Crippen molar-refractivity contribution in [1.29, 1.82) is 0 Å². The van der Waals surface area contributed by atoms with Crippen molar-refractivity contribution >= 4 is 5.91 Å². The lowest BCUT2D eigenvalue weighted by molar-refractivity contribution is 0.0949. The highest BCUT2D eigenvalue weighted by molar-refractivity contribution is 5.93. The van der Waals surface area contributed by atoms with Crippen molar-refractivity contribution in [2.45, 2.75) is 25.8 Å². The van der Waals surface area contributed by atoms with E-state index < -0.39 is 0 Å². The predicted octanol–water partition coefficient (Wildman–Crippen LogP) is 2.42. The number of hydrogen-bond acceptors (Lipinski definition) is 3. The molecule has 24 heavy (non-hydrogen) atoms. The molecule has 0 unspecified atom stereocenters. The van der Waals surface area contributed by atoms with Gasteiger partial charge in [-0.15, -0.1) is 0 Å². The molecule has 5 nitrogen and oxygen atoms in total. The van der Waals surface area contributed by atoms with E-state index in [0.29, 0.717) is 25.3 Å². The van der Waals surface area contributed by atoms with Crippen molar-refractivity contribution in [1.82, 2.24) is 9.88 Å². The maximum absolute atomic E-state index is 12.4. The van der Waals surface area contributed by atoms with Crippen LogP contribution in [0.25, 0.3) is 0 Å². The number of nitrogens with zero attached hydrogens (tertiary/aromatic N) is 1. The van der Waals surface area contributed by atoms with E-state index in [0.717, 1.165) is 6.42 Å². The smallest absolute Gasteiger partial charge is 0.252 e. The zero-order valence-electron chi connectivity index (χ0n) is 14.2. The molecule has 1 amide bonds. The van der Waals surface area contributed by atoms with E-state index in [9.17, 15) is 9.59 Å². The van der Waals surface area contributed by atoms with Crippen LogP contribution in [0, 0.1) is 0 Å². The number of aromatic nitrogens is 1. The molecule has 1 aromatic carbocycles. The minimum Gasteiger partial charge on any atom is -0.383 e. The number of benzene rings is 1. The highest BCUT2D eigenvalue weighted by Gasteiger charge is 2.12. The van der Waals surface area contributed by atoms with Crippen molar-refractivity contribution in [2.75, 3.05) is 20.3 Å². The summed E-state index contributed by atoms with van der Waals surface area (Å²) in [5.74, 6) is 0.102. The molecule has 5 heteroatoms. The summed E-state index contributed by atoms with van der Waals surface area (Å²) >= 11 is 0. The van der Waals surface area contributed by atoms with E-state index in [4.69, 9.17) is 4.74 Å².